The van der Waals surface area contributed by atoms with Crippen LogP contribution in [0.15, 0.2) is 158 Å². The van der Waals surface area contributed by atoms with Gasteiger partial charge in [-0.2, -0.15) is 9.97 Å². The van der Waals surface area contributed by atoms with Crippen LogP contribution in [-0.2, 0) is 0 Å². The number of fused-ring (bicyclic) bond motifs is 9. The maximum atomic E-state index is 5.34. The van der Waals surface area contributed by atoms with Crippen LogP contribution in [0.3, 0.4) is 0 Å². The van der Waals surface area contributed by atoms with Gasteiger partial charge >= 0.3 is 0 Å². The largest absolute Gasteiger partial charge is 0.279 e. The highest BCUT2D eigenvalue weighted by Crippen LogP contribution is 2.43. The smallest absolute Gasteiger partial charge is 0.238 e. The second-order valence-electron chi connectivity index (χ2n) is 12.8. The normalized spacial score (nSPS) is 11.8. The van der Waals surface area contributed by atoms with E-state index in [4.69, 9.17) is 15.0 Å². The van der Waals surface area contributed by atoms with E-state index in [9.17, 15) is 0 Å². The molecule has 0 amide bonds. The van der Waals surface area contributed by atoms with E-state index in [-0.39, 0.29) is 0 Å². The van der Waals surface area contributed by atoms with E-state index in [1.165, 1.54) is 60.5 Å². The minimum Gasteiger partial charge on any atom is -0.279 e. The van der Waals surface area contributed by atoms with Gasteiger partial charge in [0.05, 0.1) is 5.69 Å². The van der Waals surface area contributed by atoms with Gasteiger partial charge in [-0.3, -0.25) is 4.90 Å². The molecule has 11 aromatic rings. The topological polar surface area (TPSA) is 41.9 Å². The molecule has 7 heteroatoms. The molecule has 0 atom stereocenters. The fourth-order valence-corrected chi connectivity index (χ4v) is 10.8. The third-order valence-electron chi connectivity index (χ3n) is 9.74. The van der Waals surface area contributed by atoms with Crippen LogP contribution in [0.2, 0.25) is 0 Å². The molecule has 11 rings (SSSR count). The molecule has 0 unspecified atom stereocenters. The monoisotopic (exact) mass is 718 g/mol. The molecule has 0 aliphatic heterocycles. The van der Waals surface area contributed by atoms with Crippen molar-refractivity contribution in [3.63, 3.8) is 0 Å². The van der Waals surface area contributed by atoms with Gasteiger partial charge in [0.2, 0.25) is 5.95 Å². The molecule has 0 aliphatic carbocycles. The van der Waals surface area contributed by atoms with E-state index >= 15 is 0 Å². The molecule has 4 aromatic heterocycles. The van der Waals surface area contributed by atoms with Gasteiger partial charge in [-0.05, 0) is 66.7 Å². The van der Waals surface area contributed by atoms with Gasteiger partial charge < -0.3 is 0 Å². The van der Waals surface area contributed by atoms with Crippen LogP contribution in [-0.4, -0.2) is 15.0 Å². The standard InChI is InChI=1S/C45H26N4S3/c1-2-11-28(12-3-1)49(29-22-23-33-30-13-4-7-18-37(30)51-41(33)26-29)45-47-43(27-21-24-40-36(25-27)32-15-6-8-19-38(32)50-40)46-44(48-45)35-17-10-16-34-31-14-5-9-20-39(31)52-42(34)35/h1-26H. The van der Waals surface area contributed by atoms with Crippen molar-refractivity contribution in [2.45, 2.75) is 0 Å². The summed E-state index contributed by atoms with van der Waals surface area (Å²) in [6.45, 7) is 0. The molecule has 52 heavy (non-hydrogen) atoms. The highest BCUT2D eigenvalue weighted by molar-refractivity contribution is 7.26. The van der Waals surface area contributed by atoms with Crippen LogP contribution in [0.5, 0.6) is 0 Å². The maximum Gasteiger partial charge on any atom is 0.238 e. The van der Waals surface area contributed by atoms with Crippen molar-refractivity contribution < 1.29 is 0 Å². The fraction of sp³-hybridized carbons (Fsp3) is 0. The number of nitrogens with zero attached hydrogens (tertiary/aromatic N) is 4. The lowest BCUT2D eigenvalue weighted by Crippen LogP contribution is -2.15. The average molecular weight is 719 g/mol. The molecule has 7 aromatic carbocycles. The van der Waals surface area contributed by atoms with Gasteiger partial charge in [-0.25, -0.2) is 4.98 Å². The molecule has 0 spiro atoms. The van der Waals surface area contributed by atoms with Crippen LogP contribution in [0.1, 0.15) is 0 Å². The summed E-state index contributed by atoms with van der Waals surface area (Å²) < 4.78 is 7.44. The Kier molecular flexibility index (Phi) is 6.73. The Morgan fingerprint density at radius 3 is 1.75 bits per heavy atom. The third kappa shape index (κ3) is 4.74. The molecule has 0 saturated heterocycles. The first-order valence-electron chi connectivity index (χ1n) is 17.1. The molecule has 0 radical (unpaired) electrons. The summed E-state index contributed by atoms with van der Waals surface area (Å²) in [5.74, 6) is 1.86. The predicted octanol–water partition coefficient (Wildman–Crippen LogP) is 13.8. The second-order valence-corrected chi connectivity index (χ2v) is 16.0. The van der Waals surface area contributed by atoms with E-state index in [0.717, 1.165) is 22.5 Å². The van der Waals surface area contributed by atoms with E-state index in [0.29, 0.717) is 17.6 Å². The van der Waals surface area contributed by atoms with Gasteiger partial charge in [0.1, 0.15) is 0 Å². The Bertz CT molecular complexity index is 3160. The van der Waals surface area contributed by atoms with Crippen LogP contribution in [0.4, 0.5) is 17.3 Å². The highest BCUT2D eigenvalue weighted by Gasteiger charge is 2.22. The van der Waals surface area contributed by atoms with Crippen molar-refractivity contribution in [2.24, 2.45) is 0 Å². The zero-order valence-electron chi connectivity index (χ0n) is 27.5. The third-order valence-corrected chi connectivity index (χ3v) is 13.2. The first kappa shape index (κ1) is 29.7. The van der Waals surface area contributed by atoms with Crippen LogP contribution in [0.25, 0.3) is 83.3 Å². The van der Waals surface area contributed by atoms with Gasteiger partial charge in [0.25, 0.3) is 0 Å². The lowest BCUT2D eigenvalue weighted by molar-refractivity contribution is 1.03. The number of para-hydroxylation sites is 1. The molecule has 4 heterocycles. The quantitative estimate of drug-likeness (QED) is 0.178. The SMILES string of the molecule is c1ccc(N(c2ccc3c(c2)sc2ccccc23)c2nc(-c3ccc4sc5ccccc5c4c3)nc(-c3cccc4c3sc3ccccc34)n2)cc1. The summed E-state index contributed by atoms with van der Waals surface area (Å²) in [6, 6.07) is 56.0. The second kappa shape index (κ2) is 11.8. The Morgan fingerprint density at radius 1 is 0.365 bits per heavy atom. The summed E-state index contributed by atoms with van der Waals surface area (Å²) >= 11 is 5.42. The number of anilines is 3. The summed E-state index contributed by atoms with van der Waals surface area (Å²) in [6.07, 6.45) is 0. The lowest BCUT2D eigenvalue weighted by atomic mass is 10.1. The zero-order valence-corrected chi connectivity index (χ0v) is 30.0. The molecule has 4 nitrogen and oxygen atoms in total. The summed E-state index contributed by atoms with van der Waals surface area (Å²) in [4.78, 5) is 18.1. The Hall–Kier alpha value is -5.99. The molecule has 0 saturated carbocycles. The summed E-state index contributed by atoms with van der Waals surface area (Å²) in [5.41, 5.74) is 3.93. The predicted molar refractivity (Wildman–Crippen MR) is 224 cm³/mol. The van der Waals surface area contributed by atoms with Crippen molar-refractivity contribution in [1.82, 2.24) is 15.0 Å². The molecule has 0 bridgehead atoms. The van der Waals surface area contributed by atoms with E-state index < -0.39 is 0 Å². The van der Waals surface area contributed by atoms with Crippen molar-refractivity contribution in [3.8, 4) is 22.8 Å². The first-order valence-corrected chi connectivity index (χ1v) is 19.5. The molecular weight excluding hydrogens is 693 g/mol. The Balaban J connectivity index is 1.18. The van der Waals surface area contributed by atoms with E-state index in [1.807, 2.05) is 28.7 Å². The first-order chi connectivity index (χ1) is 25.7. The summed E-state index contributed by atoms with van der Waals surface area (Å²) in [7, 11) is 0. The van der Waals surface area contributed by atoms with Crippen LogP contribution in [0, 0.1) is 0 Å². The molecule has 0 N–H and O–H groups in total. The number of aromatic nitrogens is 3. The van der Waals surface area contributed by atoms with Crippen molar-refractivity contribution in [2.75, 3.05) is 4.90 Å². The zero-order chi connectivity index (χ0) is 34.2. The van der Waals surface area contributed by atoms with Gasteiger partial charge in [-0.15, -0.1) is 34.0 Å². The fourth-order valence-electron chi connectivity index (χ4n) is 7.31. The van der Waals surface area contributed by atoms with Crippen molar-refractivity contribution >= 4 is 112 Å². The highest BCUT2D eigenvalue weighted by atomic mass is 32.1. The molecule has 0 aliphatic rings. The van der Waals surface area contributed by atoms with Crippen molar-refractivity contribution in [3.05, 3.63) is 158 Å². The average Bonchev–Trinajstić information content (AvgIpc) is 3.89. The lowest BCUT2D eigenvalue weighted by Gasteiger charge is -2.24. The van der Waals surface area contributed by atoms with Gasteiger partial charge in [0.15, 0.2) is 11.6 Å². The molecule has 0 fully saturated rings. The van der Waals surface area contributed by atoms with E-state index in [1.54, 1.807) is 11.3 Å². The Labute approximate surface area is 310 Å². The van der Waals surface area contributed by atoms with Gasteiger partial charge in [-0.1, -0.05) is 91.0 Å². The maximum absolute atomic E-state index is 5.34. The van der Waals surface area contributed by atoms with Crippen LogP contribution < -0.4 is 4.90 Å². The van der Waals surface area contributed by atoms with Crippen molar-refractivity contribution in [1.29, 1.82) is 0 Å². The number of rotatable bonds is 5. The molecule has 244 valence electrons. The van der Waals surface area contributed by atoms with Crippen LogP contribution >= 0.6 is 34.0 Å². The minimum absolute atomic E-state index is 0.569. The number of hydrogen-bond acceptors (Lipinski definition) is 7. The summed E-state index contributed by atoms with van der Waals surface area (Å²) in [5, 5.41) is 7.44. The van der Waals surface area contributed by atoms with E-state index in [2.05, 4.69) is 157 Å². The number of benzene rings is 7. The van der Waals surface area contributed by atoms with Gasteiger partial charge in [0, 0.05) is 77.3 Å². The minimum atomic E-state index is 0.569. The molecular formula is C45H26N4S3. The Morgan fingerprint density at radius 2 is 0.962 bits per heavy atom. The number of hydrogen-bond donors (Lipinski definition) is 0. The number of thiophene rings is 3.